The number of nitrogens with zero attached hydrogens (tertiary/aromatic N) is 3. The average Bonchev–Trinajstić information content (AvgIpc) is 3.30. The predicted octanol–water partition coefficient (Wildman–Crippen LogP) is 4.61. The zero-order chi connectivity index (χ0) is 29.8. The molecule has 2 aromatic carbocycles. The number of benzene rings is 2. The number of hydrogen-bond acceptors (Lipinski definition) is 10. The van der Waals surface area contributed by atoms with Gasteiger partial charge in [-0.3, -0.25) is 19.3 Å². The fraction of sp³-hybridized carbons (Fsp3) is 0.276. The van der Waals surface area contributed by atoms with E-state index >= 15 is 4.39 Å². The van der Waals surface area contributed by atoms with Crippen LogP contribution < -0.4 is 15.2 Å². The van der Waals surface area contributed by atoms with Gasteiger partial charge in [0, 0.05) is 50.0 Å². The van der Waals surface area contributed by atoms with Crippen LogP contribution >= 0.6 is 23.1 Å². The summed E-state index contributed by atoms with van der Waals surface area (Å²) < 4.78 is 53.3. The van der Waals surface area contributed by atoms with E-state index in [0.717, 1.165) is 33.0 Å². The van der Waals surface area contributed by atoms with Crippen molar-refractivity contribution in [3.63, 3.8) is 0 Å². The largest absolute Gasteiger partial charge is 0.510 e. The van der Waals surface area contributed by atoms with E-state index in [-0.39, 0.29) is 42.5 Å². The SMILES string of the molecule is COC(=O)OCOc1c2n(ccc1=O)N([C@H]1c3ccc(F)c(F)c3CSc3c1sc1ccccc31)[C@@H]1COCCN1C2=O. The van der Waals surface area contributed by atoms with Crippen LogP contribution in [-0.2, 0) is 20.0 Å². The van der Waals surface area contributed by atoms with E-state index < -0.39 is 48.1 Å². The van der Waals surface area contributed by atoms with E-state index in [1.165, 1.54) is 40.0 Å². The van der Waals surface area contributed by atoms with Gasteiger partial charge < -0.3 is 23.8 Å². The maximum absolute atomic E-state index is 15.5. The van der Waals surface area contributed by atoms with Crippen molar-refractivity contribution in [2.45, 2.75) is 22.9 Å². The summed E-state index contributed by atoms with van der Waals surface area (Å²) in [6, 6.07) is 11.1. The minimum atomic E-state index is -1.02. The number of fused-ring (bicyclic) bond motifs is 6. The van der Waals surface area contributed by atoms with Crippen LogP contribution in [0, 0.1) is 11.6 Å². The molecule has 2 aromatic heterocycles. The topological polar surface area (TPSA) is 99.5 Å². The quantitative estimate of drug-likeness (QED) is 0.237. The summed E-state index contributed by atoms with van der Waals surface area (Å²) >= 11 is 2.96. The first-order chi connectivity index (χ1) is 20.9. The smallest absolute Gasteiger partial charge is 0.451 e. The van der Waals surface area contributed by atoms with Crippen molar-refractivity contribution in [3.8, 4) is 5.75 Å². The van der Waals surface area contributed by atoms with Gasteiger partial charge in [-0.05, 0) is 17.7 Å². The number of rotatable bonds is 4. The highest BCUT2D eigenvalue weighted by Gasteiger charge is 2.47. The molecule has 0 spiro atoms. The highest BCUT2D eigenvalue weighted by atomic mass is 32.2. The normalized spacial score (nSPS) is 19.2. The van der Waals surface area contributed by atoms with Crippen LogP contribution in [0.3, 0.4) is 0 Å². The molecule has 0 unspecified atom stereocenters. The van der Waals surface area contributed by atoms with E-state index in [1.54, 1.807) is 11.0 Å². The van der Waals surface area contributed by atoms with Gasteiger partial charge in [-0.2, -0.15) is 0 Å². The van der Waals surface area contributed by atoms with Crippen molar-refractivity contribution in [2.24, 2.45) is 0 Å². The van der Waals surface area contributed by atoms with Gasteiger partial charge >= 0.3 is 6.16 Å². The van der Waals surface area contributed by atoms with Crippen molar-refractivity contribution in [1.82, 2.24) is 9.58 Å². The van der Waals surface area contributed by atoms with E-state index in [9.17, 15) is 18.8 Å². The lowest BCUT2D eigenvalue weighted by Crippen LogP contribution is -2.66. The number of morpholine rings is 1. The number of methoxy groups -OCH3 is 1. The maximum atomic E-state index is 15.5. The molecule has 0 bridgehead atoms. The van der Waals surface area contributed by atoms with E-state index in [4.69, 9.17) is 14.2 Å². The van der Waals surface area contributed by atoms with Crippen molar-refractivity contribution in [1.29, 1.82) is 0 Å². The molecule has 222 valence electrons. The predicted molar refractivity (Wildman–Crippen MR) is 153 cm³/mol. The number of thioether (sulfide) groups is 1. The van der Waals surface area contributed by atoms with Crippen LogP contribution in [0.5, 0.6) is 5.75 Å². The Morgan fingerprint density at radius 3 is 2.81 bits per heavy atom. The minimum absolute atomic E-state index is 0.0946. The van der Waals surface area contributed by atoms with Crippen LogP contribution in [0.2, 0.25) is 0 Å². The monoisotopic (exact) mass is 627 g/mol. The number of carbonyl (C=O) groups excluding carboxylic acids is 2. The third-order valence-electron chi connectivity index (χ3n) is 7.68. The van der Waals surface area contributed by atoms with Gasteiger partial charge in [-0.1, -0.05) is 24.3 Å². The van der Waals surface area contributed by atoms with Crippen molar-refractivity contribution < 1.29 is 37.3 Å². The highest BCUT2D eigenvalue weighted by molar-refractivity contribution is 7.99. The fourth-order valence-corrected chi connectivity index (χ4v) is 8.53. The summed E-state index contributed by atoms with van der Waals surface area (Å²) in [6.45, 7) is -0.0686. The van der Waals surface area contributed by atoms with Crippen LogP contribution in [0.15, 0.2) is 58.4 Å². The number of thiophene rings is 1. The molecule has 10 nitrogen and oxygen atoms in total. The third-order valence-corrected chi connectivity index (χ3v) is 10.2. The summed E-state index contributed by atoms with van der Waals surface area (Å²) in [5, 5.41) is 2.85. The zero-order valence-corrected chi connectivity index (χ0v) is 24.2. The lowest BCUT2D eigenvalue weighted by molar-refractivity contribution is -0.0208. The van der Waals surface area contributed by atoms with Crippen LogP contribution in [0.1, 0.15) is 32.5 Å². The molecule has 5 heterocycles. The first-order valence-corrected chi connectivity index (χ1v) is 15.1. The van der Waals surface area contributed by atoms with Gasteiger partial charge in [-0.15, -0.1) is 23.1 Å². The first kappa shape index (κ1) is 27.7. The summed E-state index contributed by atoms with van der Waals surface area (Å²) in [7, 11) is 1.13. The molecule has 4 aromatic rings. The minimum Gasteiger partial charge on any atom is -0.451 e. The molecule has 14 heteroatoms. The van der Waals surface area contributed by atoms with Crippen molar-refractivity contribution in [3.05, 3.63) is 92.2 Å². The molecule has 7 rings (SSSR count). The standard InChI is InChI=1S/C29H23F2N3O7S2/c1-38-29(37)41-14-40-25-19(35)8-9-33-24(25)28(36)32-10-11-39-12-21(32)34(33)23-15-6-7-18(30)22(31)17(15)13-42-26-16-4-2-3-5-20(16)43-27(23)26/h2-9,21,23H,10-14H2,1H3/t21-,23+/m1/s1. The molecule has 0 N–H and O–H groups in total. The number of aromatic nitrogens is 1. The Balaban J connectivity index is 1.48. The third kappa shape index (κ3) is 4.43. The van der Waals surface area contributed by atoms with E-state index in [2.05, 4.69) is 4.74 Å². The van der Waals surface area contributed by atoms with E-state index in [1.807, 2.05) is 29.3 Å². The van der Waals surface area contributed by atoms with Gasteiger partial charge in [0.1, 0.15) is 12.2 Å². The second-order valence-corrected chi connectivity index (χ2v) is 12.0. The molecule has 0 saturated carbocycles. The first-order valence-electron chi connectivity index (χ1n) is 13.3. The number of hydrogen-bond donors (Lipinski definition) is 0. The molecule has 3 aliphatic rings. The van der Waals surface area contributed by atoms with Crippen LogP contribution in [0.25, 0.3) is 10.1 Å². The lowest BCUT2D eigenvalue weighted by atomic mass is 9.97. The van der Waals surface area contributed by atoms with Crippen molar-refractivity contribution >= 4 is 45.2 Å². The Labute approximate surface area is 251 Å². The molecule has 3 aliphatic heterocycles. The molecule has 0 aliphatic carbocycles. The molecule has 2 atom stereocenters. The van der Waals surface area contributed by atoms with Gasteiger partial charge in [0.2, 0.25) is 18.0 Å². The Morgan fingerprint density at radius 1 is 1.14 bits per heavy atom. The number of amides is 1. The number of ether oxygens (including phenoxy) is 4. The Hall–Kier alpha value is -4.14. The average molecular weight is 628 g/mol. The molecular formula is C29H23F2N3O7S2. The van der Waals surface area contributed by atoms with Crippen LogP contribution in [-0.4, -0.2) is 61.5 Å². The summed E-state index contributed by atoms with van der Waals surface area (Å²) in [4.78, 5) is 41.9. The molecule has 1 saturated heterocycles. The zero-order valence-electron chi connectivity index (χ0n) is 22.6. The Morgan fingerprint density at radius 2 is 1.98 bits per heavy atom. The second kappa shape index (κ2) is 10.8. The number of halogens is 2. The van der Waals surface area contributed by atoms with Gasteiger partial charge in [0.25, 0.3) is 5.91 Å². The molecule has 1 amide bonds. The van der Waals surface area contributed by atoms with Gasteiger partial charge in [0.15, 0.2) is 17.3 Å². The highest BCUT2D eigenvalue weighted by Crippen LogP contribution is 2.51. The fourth-order valence-electron chi connectivity index (χ4n) is 5.78. The molecule has 1 fully saturated rings. The summed E-state index contributed by atoms with van der Waals surface area (Å²) in [5.74, 6) is -2.49. The molecule has 0 radical (unpaired) electrons. The Kier molecular flexibility index (Phi) is 6.98. The second-order valence-electron chi connectivity index (χ2n) is 9.91. The Bertz CT molecular complexity index is 1840. The summed E-state index contributed by atoms with van der Waals surface area (Å²) in [6.07, 6.45) is -0.229. The van der Waals surface area contributed by atoms with E-state index in [0.29, 0.717) is 5.56 Å². The van der Waals surface area contributed by atoms with Crippen molar-refractivity contribution in [2.75, 3.05) is 38.7 Å². The molecular weight excluding hydrogens is 604 g/mol. The number of pyridine rings is 1. The summed E-state index contributed by atoms with van der Waals surface area (Å²) in [5.41, 5.74) is 0.0425. The maximum Gasteiger partial charge on any atom is 0.510 e. The lowest BCUT2D eigenvalue weighted by Gasteiger charge is -2.51. The van der Waals surface area contributed by atoms with Gasteiger partial charge in [-0.25, -0.2) is 13.6 Å². The number of carbonyl (C=O) groups is 2. The van der Waals surface area contributed by atoms with Crippen LogP contribution in [0.4, 0.5) is 13.6 Å². The van der Waals surface area contributed by atoms with Gasteiger partial charge in [0.05, 0.1) is 20.3 Å². The molecule has 43 heavy (non-hydrogen) atoms.